The highest BCUT2D eigenvalue weighted by Gasteiger charge is 2.05. The van der Waals surface area contributed by atoms with Crippen LogP contribution in [0, 0.1) is 0 Å². The van der Waals surface area contributed by atoms with Crippen molar-refractivity contribution in [3.63, 3.8) is 0 Å². The molecule has 0 saturated carbocycles. The molecule has 1 heterocycles. The van der Waals surface area contributed by atoms with Crippen LogP contribution >= 0.6 is 11.8 Å². The van der Waals surface area contributed by atoms with Crippen LogP contribution in [0.25, 0.3) is 0 Å². The third kappa shape index (κ3) is 7.56. The summed E-state index contributed by atoms with van der Waals surface area (Å²) in [6.07, 6.45) is 3.70. The zero-order chi connectivity index (χ0) is 17.9. The van der Waals surface area contributed by atoms with Gasteiger partial charge in [0.1, 0.15) is 0 Å². The molecular weight excluding hydrogens is 336 g/mol. The number of hydrogen-bond acceptors (Lipinski definition) is 5. The fraction of sp³-hybridized carbons (Fsp3) is 0.421. The summed E-state index contributed by atoms with van der Waals surface area (Å²) in [6.45, 7) is 2.23. The van der Waals surface area contributed by atoms with Crippen LogP contribution in [0.5, 0.6) is 0 Å². The predicted octanol–water partition coefficient (Wildman–Crippen LogP) is 3.38. The van der Waals surface area contributed by atoms with E-state index in [1.165, 1.54) is 17.3 Å². The molecule has 0 spiro atoms. The summed E-state index contributed by atoms with van der Waals surface area (Å²) in [6, 6.07) is 11.7. The molecule has 0 radical (unpaired) electrons. The Bertz CT molecular complexity index is 716. The van der Waals surface area contributed by atoms with E-state index in [2.05, 4.69) is 22.1 Å². The number of aryl methyl sites for hydroxylation is 2. The van der Waals surface area contributed by atoms with Gasteiger partial charge in [0, 0.05) is 23.9 Å². The van der Waals surface area contributed by atoms with Crippen molar-refractivity contribution in [2.75, 3.05) is 12.4 Å². The van der Waals surface area contributed by atoms with Crippen LogP contribution in [0.3, 0.4) is 0 Å². The summed E-state index contributed by atoms with van der Waals surface area (Å²) in [5.74, 6) is 0.659. The van der Waals surface area contributed by atoms with Crippen LogP contribution in [0.2, 0.25) is 0 Å². The van der Waals surface area contributed by atoms with Crippen molar-refractivity contribution < 1.29 is 9.53 Å². The molecule has 2 aromatic rings. The lowest BCUT2D eigenvalue weighted by Gasteiger charge is -2.05. The molecule has 25 heavy (non-hydrogen) atoms. The van der Waals surface area contributed by atoms with Gasteiger partial charge >= 0.3 is 5.97 Å². The zero-order valence-corrected chi connectivity index (χ0v) is 15.3. The van der Waals surface area contributed by atoms with Gasteiger partial charge < -0.3 is 9.72 Å². The van der Waals surface area contributed by atoms with E-state index in [-0.39, 0.29) is 11.5 Å². The summed E-state index contributed by atoms with van der Waals surface area (Å²) in [5, 5.41) is 0.645. The van der Waals surface area contributed by atoms with Crippen molar-refractivity contribution in [3.05, 3.63) is 58.0 Å². The molecule has 0 saturated heterocycles. The molecule has 0 aliphatic carbocycles. The van der Waals surface area contributed by atoms with Gasteiger partial charge in [0.2, 0.25) is 0 Å². The first-order valence-electron chi connectivity index (χ1n) is 8.60. The summed E-state index contributed by atoms with van der Waals surface area (Å²) in [4.78, 5) is 30.4. The quantitative estimate of drug-likeness (QED) is 0.304. The van der Waals surface area contributed by atoms with Crippen molar-refractivity contribution in [1.82, 2.24) is 9.97 Å². The maximum Gasteiger partial charge on any atom is 0.305 e. The van der Waals surface area contributed by atoms with Gasteiger partial charge in [-0.05, 0) is 38.2 Å². The standard InChI is InChI=1S/C19H24N2O3S/c1-2-24-18(23)10-6-7-13-25-19-20-16(14-17(22)21-19)12-11-15-8-4-3-5-9-15/h3-5,8-9,14H,2,6-7,10-13H2,1H3,(H,20,21,22). The Kier molecular flexibility index (Phi) is 8.25. The second-order valence-corrected chi connectivity index (χ2v) is 6.72. The molecule has 0 aliphatic heterocycles. The van der Waals surface area contributed by atoms with Crippen molar-refractivity contribution in [2.45, 2.75) is 44.2 Å². The summed E-state index contributed by atoms with van der Waals surface area (Å²) >= 11 is 1.52. The van der Waals surface area contributed by atoms with E-state index in [0.717, 1.165) is 37.1 Å². The van der Waals surface area contributed by atoms with Gasteiger partial charge in [-0.15, -0.1) is 0 Å². The highest BCUT2D eigenvalue weighted by molar-refractivity contribution is 7.99. The van der Waals surface area contributed by atoms with Gasteiger partial charge in [0.25, 0.3) is 5.56 Å². The number of carbonyl (C=O) groups is 1. The Labute approximate surface area is 152 Å². The van der Waals surface area contributed by atoms with E-state index >= 15 is 0 Å². The number of aromatic amines is 1. The molecule has 0 aliphatic rings. The molecule has 0 atom stereocenters. The number of nitrogens with one attached hydrogen (secondary N) is 1. The van der Waals surface area contributed by atoms with E-state index in [9.17, 15) is 9.59 Å². The number of H-pyrrole nitrogens is 1. The molecule has 0 fully saturated rings. The van der Waals surface area contributed by atoms with Gasteiger partial charge in [-0.1, -0.05) is 42.1 Å². The lowest BCUT2D eigenvalue weighted by atomic mass is 10.1. The Hall–Kier alpha value is -2.08. The van der Waals surface area contributed by atoms with E-state index in [4.69, 9.17) is 4.74 Å². The Balaban J connectivity index is 1.78. The van der Waals surface area contributed by atoms with Gasteiger partial charge in [0.05, 0.1) is 6.61 Å². The number of rotatable bonds is 10. The van der Waals surface area contributed by atoms with Crippen molar-refractivity contribution in [1.29, 1.82) is 0 Å². The number of carbonyl (C=O) groups excluding carboxylic acids is 1. The number of nitrogens with zero attached hydrogens (tertiary/aromatic N) is 1. The van der Waals surface area contributed by atoms with Crippen molar-refractivity contribution in [3.8, 4) is 0 Å². The zero-order valence-electron chi connectivity index (χ0n) is 14.5. The highest BCUT2D eigenvalue weighted by Crippen LogP contribution is 2.15. The Morgan fingerprint density at radius 1 is 1.20 bits per heavy atom. The first kappa shape index (κ1) is 19.2. The molecule has 134 valence electrons. The minimum atomic E-state index is -0.151. The molecule has 1 aromatic heterocycles. The summed E-state index contributed by atoms with van der Waals surface area (Å²) < 4.78 is 4.90. The summed E-state index contributed by atoms with van der Waals surface area (Å²) in [5.41, 5.74) is 1.92. The van der Waals surface area contributed by atoms with Crippen LogP contribution in [0.15, 0.2) is 46.3 Å². The first-order chi connectivity index (χ1) is 12.2. The second kappa shape index (κ2) is 10.7. The molecule has 2 rings (SSSR count). The lowest BCUT2D eigenvalue weighted by Crippen LogP contribution is -2.11. The molecule has 0 bridgehead atoms. The molecule has 1 N–H and O–H groups in total. The fourth-order valence-electron chi connectivity index (χ4n) is 2.37. The number of unbranched alkanes of at least 4 members (excludes halogenated alkanes) is 1. The van der Waals surface area contributed by atoms with Gasteiger partial charge in [0.15, 0.2) is 5.16 Å². The van der Waals surface area contributed by atoms with Crippen LogP contribution in [-0.4, -0.2) is 28.3 Å². The maximum absolute atomic E-state index is 11.8. The van der Waals surface area contributed by atoms with Crippen LogP contribution in [-0.2, 0) is 22.4 Å². The molecular formula is C19H24N2O3S. The fourth-order valence-corrected chi connectivity index (χ4v) is 3.27. The van der Waals surface area contributed by atoms with E-state index in [1.807, 2.05) is 18.2 Å². The average Bonchev–Trinajstić information content (AvgIpc) is 2.60. The third-order valence-corrected chi connectivity index (χ3v) is 4.56. The smallest absolute Gasteiger partial charge is 0.305 e. The van der Waals surface area contributed by atoms with E-state index in [0.29, 0.717) is 18.2 Å². The van der Waals surface area contributed by atoms with Crippen molar-refractivity contribution in [2.24, 2.45) is 0 Å². The highest BCUT2D eigenvalue weighted by atomic mass is 32.2. The number of thioether (sulfide) groups is 1. The average molecular weight is 360 g/mol. The first-order valence-corrected chi connectivity index (χ1v) is 9.58. The lowest BCUT2D eigenvalue weighted by molar-refractivity contribution is -0.143. The number of benzene rings is 1. The predicted molar refractivity (Wildman–Crippen MR) is 99.9 cm³/mol. The van der Waals surface area contributed by atoms with Crippen LogP contribution in [0.4, 0.5) is 0 Å². The Morgan fingerprint density at radius 2 is 2.00 bits per heavy atom. The molecule has 1 aromatic carbocycles. The third-order valence-electron chi connectivity index (χ3n) is 3.60. The number of aromatic nitrogens is 2. The van der Waals surface area contributed by atoms with E-state index in [1.54, 1.807) is 13.0 Å². The second-order valence-electron chi connectivity index (χ2n) is 5.64. The molecule has 6 heteroatoms. The molecule has 5 nitrogen and oxygen atoms in total. The maximum atomic E-state index is 11.8. The Morgan fingerprint density at radius 3 is 2.76 bits per heavy atom. The SMILES string of the molecule is CCOC(=O)CCCCSc1nc(CCc2ccccc2)cc(=O)[nH]1. The minimum Gasteiger partial charge on any atom is -0.466 e. The molecule has 0 amide bonds. The van der Waals surface area contributed by atoms with Crippen molar-refractivity contribution >= 4 is 17.7 Å². The van der Waals surface area contributed by atoms with Gasteiger partial charge in [-0.2, -0.15) is 0 Å². The topological polar surface area (TPSA) is 72.0 Å². The number of esters is 1. The van der Waals surface area contributed by atoms with Gasteiger partial charge in [-0.3, -0.25) is 9.59 Å². The number of ether oxygens (including phenoxy) is 1. The van der Waals surface area contributed by atoms with Crippen LogP contribution < -0.4 is 5.56 Å². The largest absolute Gasteiger partial charge is 0.466 e. The minimum absolute atomic E-state index is 0.118. The molecule has 0 unspecified atom stereocenters. The normalized spacial score (nSPS) is 10.6. The van der Waals surface area contributed by atoms with Gasteiger partial charge in [-0.25, -0.2) is 4.98 Å². The number of hydrogen-bond donors (Lipinski definition) is 1. The van der Waals surface area contributed by atoms with Crippen LogP contribution in [0.1, 0.15) is 37.4 Å². The van der Waals surface area contributed by atoms with E-state index < -0.39 is 0 Å². The monoisotopic (exact) mass is 360 g/mol. The summed E-state index contributed by atoms with van der Waals surface area (Å²) in [7, 11) is 0.